The van der Waals surface area contributed by atoms with Crippen molar-refractivity contribution in [1.29, 1.82) is 0 Å². The molecule has 0 aliphatic heterocycles. The second kappa shape index (κ2) is 5.45. The maximum Gasteiger partial charge on any atom is 0.316 e. The number of hydrogen-bond acceptors (Lipinski definition) is 7. The largest absolute Gasteiger partial charge is 0.406 e. The van der Waals surface area contributed by atoms with E-state index in [-0.39, 0.29) is 12.1 Å². The fourth-order valence-corrected chi connectivity index (χ4v) is 2.21. The average molecular weight is 267 g/mol. The van der Waals surface area contributed by atoms with Crippen molar-refractivity contribution in [2.75, 3.05) is 12.4 Å². The molecule has 2 N–H and O–H groups in total. The highest BCUT2D eigenvalue weighted by Gasteiger charge is 2.15. The second-order valence-electron chi connectivity index (χ2n) is 4.15. The SMILES string of the molecule is CNC(C)c1nnc(NC(C)c2nc(C)cs2)o1. The molecule has 0 radical (unpaired) electrons. The number of rotatable bonds is 5. The van der Waals surface area contributed by atoms with Crippen LogP contribution < -0.4 is 10.6 Å². The van der Waals surface area contributed by atoms with Crippen LogP contribution in [0.3, 0.4) is 0 Å². The van der Waals surface area contributed by atoms with Gasteiger partial charge in [-0.1, -0.05) is 5.10 Å². The summed E-state index contributed by atoms with van der Waals surface area (Å²) in [6, 6.07) is 0.528. The van der Waals surface area contributed by atoms with Gasteiger partial charge in [0.1, 0.15) is 5.01 Å². The molecule has 0 amide bonds. The first kappa shape index (κ1) is 13.0. The van der Waals surface area contributed by atoms with E-state index >= 15 is 0 Å². The van der Waals surface area contributed by atoms with Gasteiger partial charge in [0.05, 0.1) is 12.1 Å². The van der Waals surface area contributed by atoms with E-state index in [1.165, 1.54) is 0 Å². The van der Waals surface area contributed by atoms with Gasteiger partial charge in [0.15, 0.2) is 0 Å². The lowest BCUT2D eigenvalue weighted by Gasteiger charge is -2.08. The molecule has 0 spiro atoms. The van der Waals surface area contributed by atoms with Crippen molar-refractivity contribution in [3.8, 4) is 0 Å². The van der Waals surface area contributed by atoms with Crippen LogP contribution >= 0.6 is 11.3 Å². The van der Waals surface area contributed by atoms with Crippen molar-refractivity contribution in [3.63, 3.8) is 0 Å². The fraction of sp³-hybridized carbons (Fsp3) is 0.545. The second-order valence-corrected chi connectivity index (χ2v) is 5.04. The van der Waals surface area contributed by atoms with Crippen molar-refractivity contribution in [1.82, 2.24) is 20.5 Å². The molecule has 2 atom stereocenters. The summed E-state index contributed by atoms with van der Waals surface area (Å²) in [4.78, 5) is 4.42. The van der Waals surface area contributed by atoms with Crippen molar-refractivity contribution in [3.05, 3.63) is 22.0 Å². The van der Waals surface area contributed by atoms with E-state index < -0.39 is 0 Å². The molecule has 98 valence electrons. The summed E-state index contributed by atoms with van der Waals surface area (Å²) in [5.41, 5.74) is 1.03. The zero-order valence-corrected chi connectivity index (χ0v) is 11.7. The molecule has 0 aliphatic carbocycles. The molecule has 0 fully saturated rings. The third kappa shape index (κ3) is 2.85. The highest BCUT2D eigenvalue weighted by Crippen LogP contribution is 2.22. The summed E-state index contributed by atoms with van der Waals surface area (Å²) in [7, 11) is 1.85. The summed E-state index contributed by atoms with van der Waals surface area (Å²) in [5.74, 6) is 0.572. The third-order valence-electron chi connectivity index (χ3n) is 2.59. The number of nitrogens with one attached hydrogen (secondary N) is 2. The van der Waals surface area contributed by atoms with Crippen LogP contribution in [0.15, 0.2) is 9.80 Å². The number of aryl methyl sites for hydroxylation is 1. The number of thiazole rings is 1. The molecule has 0 saturated heterocycles. The molecular weight excluding hydrogens is 250 g/mol. The first-order valence-corrected chi connectivity index (χ1v) is 6.67. The monoisotopic (exact) mass is 267 g/mol. The molecular formula is C11H17N5OS. The van der Waals surface area contributed by atoms with E-state index in [4.69, 9.17) is 4.42 Å². The van der Waals surface area contributed by atoms with Crippen molar-refractivity contribution >= 4 is 17.4 Å². The molecule has 0 bridgehead atoms. The van der Waals surface area contributed by atoms with Gasteiger partial charge in [0.25, 0.3) is 0 Å². The summed E-state index contributed by atoms with van der Waals surface area (Å²) >= 11 is 1.62. The molecule has 6 nitrogen and oxygen atoms in total. The van der Waals surface area contributed by atoms with Crippen LogP contribution in [0.5, 0.6) is 0 Å². The Kier molecular flexibility index (Phi) is 3.93. The van der Waals surface area contributed by atoms with Gasteiger partial charge in [-0.2, -0.15) is 0 Å². The predicted octanol–water partition coefficient (Wildman–Crippen LogP) is 2.29. The number of nitrogens with zero attached hydrogens (tertiary/aromatic N) is 3. The first-order valence-electron chi connectivity index (χ1n) is 5.79. The fourth-order valence-electron chi connectivity index (χ4n) is 1.41. The molecule has 0 saturated carbocycles. The van der Waals surface area contributed by atoms with E-state index in [2.05, 4.69) is 25.8 Å². The summed E-state index contributed by atoms with van der Waals surface area (Å²) in [5, 5.41) is 17.2. The maximum atomic E-state index is 5.52. The smallest absolute Gasteiger partial charge is 0.316 e. The summed E-state index contributed by atoms with van der Waals surface area (Å²) < 4.78 is 5.52. The number of anilines is 1. The Morgan fingerprint density at radius 1 is 1.28 bits per heavy atom. The average Bonchev–Trinajstić information content (AvgIpc) is 2.97. The van der Waals surface area contributed by atoms with Crippen LogP contribution in [0.4, 0.5) is 6.01 Å². The highest BCUT2D eigenvalue weighted by molar-refractivity contribution is 7.09. The van der Waals surface area contributed by atoms with Crippen molar-refractivity contribution in [2.24, 2.45) is 0 Å². The quantitative estimate of drug-likeness (QED) is 0.865. The van der Waals surface area contributed by atoms with Crippen molar-refractivity contribution in [2.45, 2.75) is 32.9 Å². The Hall–Kier alpha value is -1.47. The van der Waals surface area contributed by atoms with Gasteiger partial charge in [0.2, 0.25) is 5.89 Å². The lowest BCUT2D eigenvalue weighted by molar-refractivity contribution is 0.439. The molecule has 2 aromatic rings. The lowest BCUT2D eigenvalue weighted by Crippen LogP contribution is -2.12. The Labute approximate surface area is 110 Å². The van der Waals surface area contributed by atoms with E-state index in [1.54, 1.807) is 11.3 Å². The van der Waals surface area contributed by atoms with Gasteiger partial charge in [0, 0.05) is 11.1 Å². The van der Waals surface area contributed by atoms with E-state index in [0.717, 1.165) is 10.7 Å². The third-order valence-corrected chi connectivity index (χ3v) is 3.74. The molecule has 0 aliphatic rings. The van der Waals surface area contributed by atoms with Gasteiger partial charge < -0.3 is 15.1 Å². The van der Waals surface area contributed by atoms with Crippen LogP contribution in [0.25, 0.3) is 0 Å². The maximum absolute atomic E-state index is 5.52. The first-order chi connectivity index (χ1) is 8.60. The van der Waals surface area contributed by atoms with Gasteiger partial charge in [-0.15, -0.1) is 16.4 Å². The minimum atomic E-state index is 0.0467. The topological polar surface area (TPSA) is 75.9 Å². The van der Waals surface area contributed by atoms with Crippen LogP contribution in [0, 0.1) is 6.92 Å². The Morgan fingerprint density at radius 2 is 2.06 bits per heavy atom. The van der Waals surface area contributed by atoms with Crippen LogP contribution in [-0.2, 0) is 0 Å². The Morgan fingerprint density at radius 3 is 2.67 bits per heavy atom. The minimum absolute atomic E-state index is 0.0467. The predicted molar refractivity (Wildman–Crippen MR) is 70.7 cm³/mol. The molecule has 2 unspecified atom stereocenters. The van der Waals surface area contributed by atoms with E-state index in [9.17, 15) is 0 Å². The minimum Gasteiger partial charge on any atom is -0.406 e. The zero-order chi connectivity index (χ0) is 13.1. The van der Waals surface area contributed by atoms with Crippen LogP contribution in [-0.4, -0.2) is 22.2 Å². The zero-order valence-electron chi connectivity index (χ0n) is 10.9. The normalized spacial score (nSPS) is 14.4. The highest BCUT2D eigenvalue weighted by atomic mass is 32.1. The molecule has 2 rings (SSSR count). The molecule has 2 heterocycles. The van der Waals surface area contributed by atoms with Crippen LogP contribution in [0.2, 0.25) is 0 Å². The molecule has 0 aromatic carbocycles. The van der Waals surface area contributed by atoms with Crippen LogP contribution in [0.1, 0.15) is 42.5 Å². The van der Waals surface area contributed by atoms with Gasteiger partial charge in [-0.05, 0) is 27.8 Å². The van der Waals surface area contributed by atoms with Gasteiger partial charge in [-0.3, -0.25) is 0 Å². The van der Waals surface area contributed by atoms with E-state index in [0.29, 0.717) is 11.9 Å². The molecule has 7 heteroatoms. The summed E-state index contributed by atoms with van der Waals surface area (Å²) in [6.07, 6.45) is 0. The van der Waals surface area contributed by atoms with E-state index in [1.807, 2.05) is 33.2 Å². The Balaban J connectivity index is 2.03. The van der Waals surface area contributed by atoms with Gasteiger partial charge in [-0.25, -0.2) is 4.98 Å². The molecule has 2 aromatic heterocycles. The lowest BCUT2D eigenvalue weighted by atomic mass is 10.3. The van der Waals surface area contributed by atoms with Gasteiger partial charge >= 0.3 is 6.01 Å². The number of aromatic nitrogens is 3. The Bertz CT molecular complexity index is 509. The van der Waals surface area contributed by atoms with Crippen molar-refractivity contribution < 1.29 is 4.42 Å². The number of hydrogen-bond donors (Lipinski definition) is 2. The summed E-state index contributed by atoms with van der Waals surface area (Å²) in [6.45, 7) is 5.96. The molecule has 18 heavy (non-hydrogen) atoms. The standard InChI is InChI=1S/C11H17N5OS/c1-6-5-18-10(13-6)8(3)14-11-16-15-9(17-11)7(2)12-4/h5,7-8,12H,1-4H3,(H,14,16).